The zero-order valence-electron chi connectivity index (χ0n) is 14.4. The van der Waals surface area contributed by atoms with Gasteiger partial charge in [-0.2, -0.15) is 0 Å². The lowest BCUT2D eigenvalue weighted by Crippen LogP contribution is -2.27. The first kappa shape index (κ1) is 16.9. The molecule has 4 nitrogen and oxygen atoms in total. The fourth-order valence-electron chi connectivity index (χ4n) is 2.45. The fraction of sp³-hybridized carbons (Fsp3) is 0.316. The first-order valence-corrected chi connectivity index (χ1v) is 7.63. The maximum absolute atomic E-state index is 11.8. The molecule has 0 aliphatic rings. The predicted octanol–water partition coefficient (Wildman–Crippen LogP) is 4.90. The van der Waals surface area contributed by atoms with Crippen LogP contribution in [0.1, 0.15) is 31.9 Å². The Labute approximate surface area is 137 Å². The number of anilines is 2. The summed E-state index contributed by atoms with van der Waals surface area (Å²) < 4.78 is 5.26. The van der Waals surface area contributed by atoms with Gasteiger partial charge in [0.15, 0.2) is 0 Å². The number of nitrogens with one attached hydrogen (secondary N) is 1. The molecule has 0 bridgehead atoms. The fourth-order valence-corrected chi connectivity index (χ4v) is 2.45. The van der Waals surface area contributed by atoms with Crippen LogP contribution in [0.4, 0.5) is 16.2 Å². The molecule has 2 rings (SSSR count). The zero-order chi connectivity index (χ0) is 17.2. The minimum absolute atomic E-state index is 0.451. The van der Waals surface area contributed by atoms with Crippen molar-refractivity contribution in [3.05, 3.63) is 47.5 Å². The molecule has 0 spiro atoms. The molecule has 0 aromatic heterocycles. The third-order valence-corrected chi connectivity index (χ3v) is 3.41. The van der Waals surface area contributed by atoms with E-state index in [1.165, 1.54) is 0 Å². The minimum atomic E-state index is -0.514. The second kappa shape index (κ2) is 6.32. The van der Waals surface area contributed by atoms with Gasteiger partial charge in [0.1, 0.15) is 5.60 Å². The smallest absolute Gasteiger partial charge is 0.412 e. The van der Waals surface area contributed by atoms with Crippen LogP contribution < -0.4 is 11.1 Å². The second-order valence-corrected chi connectivity index (χ2v) is 6.73. The van der Waals surface area contributed by atoms with Crippen LogP contribution in [0, 0.1) is 13.8 Å². The van der Waals surface area contributed by atoms with Gasteiger partial charge in [-0.3, -0.25) is 5.32 Å². The Bertz CT molecular complexity index is 731. The van der Waals surface area contributed by atoms with Gasteiger partial charge < -0.3 is 10.5 Å². The highest BCUT2D eigenvalue weighted by Crippen LogP contribution is 2.29. The minimum Gasteiger partial charge on any atom is -0.444 e. The van der Waals surface area contributed by atoms with Crippen molar-refractivity contribution in [3.8, 4) is 11.1 Å². The molecular formula is C19H24N2O2. The van der Waals surface area contributed by atoms with E-state index in [1.54, 1.807) is 0 Å². The summed E-state index contributed by atoms with van der Waals surface area (Å²) >= 11 is 0. The van der Waals surface area contributed by atoms with Gasteiger partial charge in [-0.25, -0.2) is 4.79 Å². The average molecular weight is 312 g/mol. The largest absolute Gasteiger partial charge is 0.444 e. The van der Waals surface area contributed by atoms with E-state index >= 15 is 0 Å². The molecule has 3 N–H and O–H groups in total. The Balaban J connectivity index is 2.23. The summed E-state index contributed by atoms with van der Waals surface area (Å²) in [4.78, 5) is 11.8. The molecule has 0 unspecified atom stereocenters. The molecule has 0 saturated carbocycles. The van der Waals surface area contributed by atoms with Crippen molar-refractivity contribution in [2.75, 3.05) is 11.1 Å². The Kier molecular flexibility index (Phi) is 4.64. The number of nitrogen functional groups attached to an aromatic ring is 1. The summed E-state index contributed by atoms with van der Waals surface area (Å²) in [6.45, 7) is 9.57. The van der Waals surface area contributed by atoms with Gasteiger partial charge >= 0.3 is 6.09 Å². The van der Waals surface area contributed by atoms with Crippen LogP contribution >= 0.6 is 0 Å². The van der Waals surface area contributed by atoms with E-state index < -0.39 is 11.7 Å². The SMILES string of the molecule is Cc1cc(N)ccc1-c1ccc(NC(=O)OC(C)(C)C)cc1C. The molecular weight excluding hydrogens is 288 g/mol. The number of hydrogen-bond donors (Lipinski definition) is 2. The van der Waals surface area contributed by atoms with E-state index in [2.05, 4.69) is 5.32 Å². The molecule has 0 aliphatic heterocycles. The number of nitrogens with two attached hydrogens (primary N) is 1. The van der Waals surface area contributed by atoms with Gasteiger partial charge in [0.2, 0.25) is 0 Å². The van der Waals surface area contributed by atoms with Gasteiger partial charge in [0.25, 0.3) is 0 Å². The molecule has 2 aromatic carbocycles. The second-order valence-electron chi connectivity index (χ2n) is 6.73. The van der Waals surface area contributed by atoms with Crippen molar-refractivity contribution < 1.29 is 9.53 Å². The summed E-state index contributed by atoms with van der Waals surface area (Å²) in [5.74, 6) is 0. The molecule has 4 heteroatoms. The van der Waals surface area contributed by atoms with Crippen molar-refractivity contribution in [2.45, 2.75) is 40.2 Å². The summed E-state index contributed by atoms with van der Waals surface area (Å²) in [5, 5.41) is 2.76. The molecule has 0 saturated heterocycles. The number of carbonyl (C=O) groups excluding carboxylic acids is 1. The van der Waals surface area contributed by atoms with Crippen LogP contribution in [0.3, 0.4) is 0 Å². The van der Waals surface area contributed by atoms with E-state index in [9.17, 15) is 4.79 Å². The van der Waals surface area contributed by atoms with Crippen LogP contribution in [0.5, 0.6) is 0 Å². The lowest BCUT2D eigenvalue weighted by Gasteiger charge is -2.20. The molecule has 1 amide bonds. The molecule has 0 heterocycles. The van der Waals surface area contributed by atoms with Crippen LogP contribution in [-0.2, 0) is 4.74 Å². The summed E-state index contributed by atoms with van der Waals surface area (Å²) in [6.07, 6.45) is -0.451. The third kappa shape index (κ3) is 4.49. The van der Waals surface area contributed by atoms with E-state index in [-0.39, 0.29) is 0 Å². The van der Waals surface area contributed by atoms with Crippen molar-refractivity contribution in [1.82, 2.24) is 0 Å². The Hall–Kier alpha value is -2.49. The lowest BCUT2D eigenvalue weighted by molar-refractivity contribution is 0.0636. The van der Waals surface area contributed by atoms with E-state index in [4.69, 9.17) is 10.5 Å². The average Bonchev–Trinajstić information content (AvgIpc) is 2.37. The van der Waals surface area contributed by atoms with Gasteiger partial charge in [-0.05, 0) is 81.1 Å². The molecule has 122 valence electrons. The third-order valence-electron chi connectivity index (χ3n) is 3.41. The predicted molar refractivity (Wildman–Crippen MR) is 95.6 cm³/mol. The monoisotopic (exact) mass is 312 g/mol. The van der Waals surface area contributed by atoms with Gasteiger partial charge in [-0.15, -0.1) is 0 Å². The number of benzene rings is 2. The Morgan fingerprint density at radius 2 is 1.57 bits per heavy atom. The van der Waals surface area contributed by atoms with Crippen molar-refractivity contribution in [2.24, 2.45) is 0 Å². The molecule has 0 atom stereocenters. The van der Waals surface area contributed by atoms with Crippen LogP contribution in [0.25, 0.3) is 11.1 Å². The Morgan fingerprint density at radius 3 is 2.09 bits per heavy atom. The first-order chi connectivity index (χ1) is 10.7. The van der Waals surface area contributed by atoms with Gasteiger partial charge in [0.05, 0.1) is 0 Å². The molecule has 23 heavy (non-hydrogen) atoms. The van der Waals surface area contributed by atoms with Gasteiger partial charge in [-0.1, -0.05) is 12.1 Å². The van der Waals surface area contributed by atoms with Crippen molar-refractivity contribution >= 4 is 17.5 Å². The number of ether oxygens (including phenoxy) is 1. The number of aryl methyl sites for hydroxylation is 2. The lowest BCUT2D eigenvalue weighted by atomic mass is 9.96. The summed E-state index contributed by atoms with van der Waals surface area (Å²) in [7, 11) is 0. The molecule has 2 aromatic rings. The molecule has 0 fully saturated rings. The number of rotatable bonds is 2. The Morgan fingerprint density at radius 1 is 1.00 bits per heavy atom. The highest BCUT2D eigenvalue weighted by atomic mass is 16.6. The van der Waals surface area contributed by atoms with E-state index in [0.29, 0.717) is 5.69 Å². The number of hydrogen-bond acceptors (Lipinski definition) is 3. The van der Waals surface area contributed by atoms with Crippen molar-refractivity contribution in [3.63, 3.8) is 0 Å². The van der Waals surface area contributed by atoms with Gasteiger partial charge in [0, 0.05) is 11.4 Å². The molecule has 0 radical (unpaired) electrons. The standard InChI is InChI=1S/C19H24N2O2/c1-12-10-14(20)6-8-16(12)17-9-7-15(11-13(17)2)21-18(22)23-19(3,4)5/h6-11H,20H2,1-5H3,(H,21,22). The van der Waals surface area contributed by atoms with Crippen molar-refractivity contribution in [1.29, 1.82) is 0 Å². The zero-order valence-corrected chi connectivity index (χ0v) is 14.4. The first-order valence-electron chi connectivity index (χ1n) is 7.63. The summed E-state index contributed by atoms with van der Waals surface area (Å²) in [5.41, 5.74) is 11.2. The highest BCUT2D eigenvalue weighted by molar-refractivity contribution is 5.86. The highest BCUT2D eigenvalue weighted by Gasteiger charge is 2.16. The van der Waals surface area contributed by atoms with Crippen LogP contribution in [0.15, 0.2) is 36.4 Å². The maximum atomic E-state index is 11.8. The van der Waals surface area contributed by atoms with Crippen LogP contribution in [0.2, 0.25) is 0 Å². The summed E-state index contributed by atoms with van der Waals surface area (Å²) in [6, 6.07) is 11.7. The molecule has 0 aliphatic carbocycles. The quantitative estimate of drug-likeness (QED) is 0.775. The number of carbonyl (C=O) groups is 1. The normalized spacial score (nSPS) is 11.2. The van der Waals surface area contributed by atoms with E-state index in [1.807, 2.05) is 71.0 Å². The number of amides is 1. The van der Waals surface area contributed by atoms with Crippen LogP contribution in [-0.4, -0.2) is 11.7 Å². The maximum Gasteiger partial charge on any atom is 0.412 e. The topological polar surface area (TPSA) is 64.3 Å². The van der Waals surface area contributed by atoms with E-state index in [0.717, 1.165) is 27.9 Å².